The molecule has 37 heteroatoms. The molecule has 17 heterocycles. The maximum Gasteiger partial charge on any atom is 0.337 e. The average molecular weight is 1840 g/mol. The number of fused-ring (bicyclic) bond motifs is 3. The molecule has 3 N–H and O–H groups in total. The summed E-state index contributed by atoms with van der Waals surface area (Å²) in [6, 6.07) is 37.9. The number of anilines is 9. The highest BCUT2D eigenvalue weighted by Gasteiger charge is 2.57. The van der Waals surface area contributed by atoms with E-state index >= 15 is 0 Å². The van der Waals surface area contributed by atoms with Crippen molar-refractivity contribution >= 4 is 118 Å². The van der Waals surface area contributed by atoms with E-state index in [0.29, 0.717) is 89.8 Å². The number of esters is 1. The van der Waals surface area contributed by atoms with Crippen LogP contribution in [-0.2, 0) is 57.3 Å². The first kappa shape index (κ1) is 90.7. The fourth-order valence-corrected chi connectivity index (χ4v) is 21.2. The quantitative estimate of drug-likeness (QED) is 0.0633. The monoisotopic (exact) mass is 1840 g/mol. The molecule has 12 aromatic rings. The summed E-state index contributed by atoms with van der Waals surface area (Å²) in [6.07, 6.45) is -0.241. The Morgan fingerprint density at radius 3 is 1.11 bits per heavy atom. The molecule has 8 aliphatic heterocycles. The van der Waals surface area contributed by atoms with Gasteiger partial charge in [0.1, 0.15) is 67.4 Å². The summed E-state index contributed by atoms with van der Waals surface area (Å²) < 4.78 is 72.6. The highest BCUT2D eigenvalue weighted by Crippen LogP contribution is 2.49. The Kier molecular flexibility index (Phi) is 24.6. The van der Waals surface area contributed by atoms with Gasteiger partial charge >= 0.3 is 5.97 Å². The molecule has 0 radical (unpaired) electrons. The lowest BCUT2D eigenvalue weighted by Crippen LogP contribution is -2.74. The molecule has 8 saturated heterocycles. The number of carbonyl (C=O) groups is 3. The summed E-state index contributed by atoms with van der Waals surface area (Å²) in [6.45, 7) is 29.9. The number of aromatic nitrogens is 9. The van der Waals surface area contributed by atoms with Crippen molar-refractivity contribution in [1.29, 1.82) is 15.8 Å². The van der Waals surface area contributed by atoms with Gasteiger partial charge in [0, 0.05) is 167 Å². The second-order valence-electron chi connectivity index (χ2n) is 35.9. The van der Waals surface area contributed by atoms with E-state index in [1.165, 1.54) is 83.2 Å². The fourth-order valence-electron chi connectivity index (χ4n) is 18.6. The van der Waals surface area contributed by atoms with E-state index in [1.807, 2.05) is 75.1 Å². The lowest BCUT2D eigenvalue weighted by molar-refractivity contribution is -0.169. The minimum absolute atomic E-state index is 0.00461. The smallest absolute Gasteiger partial charge is 0.337 e. The number of halogens is 3. The van der Waals surface area contributed by atoms with E-state index in [-0.39, 0.29) is 46.8 Å². The molecule has 31 nitrogen and oxygen atoms in total. The number of thiazole rings is 3. The van der Waals surface area contributed by atoms with Gasteiger partial charge in [0.2, 0.25) is 0 Å². The molecular weight excluding hydrogens is 1740 g/mol. The maximum atomic E-state index is 13.6. The van der Waals surface area contributed by atoms with Gasteiger partial charge in [-0.2, -0.15) is 31.1 Å². The number of benzene rings is 3. The van der Waals surface area contributed by atoms with Crippen LogP contribution in [0.15, 0.2) is 109 Å². The van der Waals surface area contributed by atoms with Crippen LogP contribution in [0.4, 0.5) is 62.7 Å². The van der Waals surface area contributed by atoms with Crippen molar-refractivity contribution in [2.45, 2.75) is 118 Å². The zero-order chi connectivity index (χ0) is 92.8. The molecule has 0 saturated carbocycles. The molecule has 0 bridgehead atoms. The number of rotatable bonds is 19. The molecule has 3 atom stereocenters. The number of nitrogens with one attached hydrogen (secondary N) is 1. The van der Waals surface area contributed by atoms with Crippen LogP contribution < -0.4 is 34.7 Å². The number of hydrogen-bond donors (Lipinski definition) is 3. The second-order valence-corrected chi connectivity index (χ2v) is 38.8. The minimum atomic E-state index is -1.35. The zero-order valence-electron chi connectivity index (χ0n) is 75.3. The molecule has 8 aliphatic rings. The van der Waals surface area contributed by atoms with Crippen molar-refractivity contribution in [3.05, 3.63) is 175 Å². The largest absolute Gasteiger partial charge is 0.467 e. The van der Waals surface area contributed by atoms with Gasteiger partial charge in [-0.25, -0.2) is 46.5 Å². The first-order valence-electron chi connectivity index (χ1n) is 43.4. The van der Waals surface area contributed by atoms with Crippen LogP contribution in [0.5, 0.6) is 0 Å². The van der Waals surface area contributed by atoms with E-state index in [4.69, 9.17) is 54.3 Å². The molecule has 9 aromatic heterocycles. The molecule has 682 valence electrons. The maximum absolute atomic E-state index is 13.6. The summed E-state index contributed by atoms with van der Waals surface area (Å²) in [4.78, 5) is 68.4. The number of pyridine rings is 3. The molecular formula is C94H102F3N21O10S3. The zero-order valence-corrected chi connectivity index (χ0v) is 77.8. The number of nitriles is 3. The van der Waals surface area contributed by atoms with E-state index in [0.717, 1.165) is 163 Å². The Bertz CT molecular complexity index is 6530. The van der Waals surface area contributed by atoms with E-state index < -0.39 is 42.4 Å². The number of aliphatic hydroxyl groups excluding tert-OH is 2. The van der Waals surface area contributed by atoms with Crippen LogP contribution in [0.3, 0.4) is 0 Å². The normalized spacial score (nSPS) is 18.6. The van der Waals surface area contributed by atoms with Gasteiger partial charge in [-0.3, -0.25) is 9.59 Å². The van der Waals surface area contributed by atoms with Gasteiger partial charge in [-0.15, -0.1) is 0 Å². The van der Waals surface area contributed by atoms with E-state index in [1.54, 1.807) is 55.1 Å². The van der Waals surface area contributed by atoms with Crippen LogP contribution in [0.2, 0.25) is 0 Å². The molecule has 131 heavy (non-hydrogen) atoms. The van der Waals surface area contributed by atoms with Crippen molar-refractivity contribution in [3.63, 3.8) is 0 Å². The van der Waals surface area contributed by atoms with Gasteiger partial charge in [0.25, 0.3) is 11.8 Å². The molecule has 3 aromatic carbocycles. The van der Waals surface area contributed by atoms with Crippen LogP contribution in [0, 0.1) is 88.5 Å². The fraction of sp³-hybridized carbons (Fsp3) is 0.426. The number of amides is 2. The van der Waals surface area contributed by atoms with Gasteiger partial charge in [0.05, 0.1) is 77.6 Å². The van der Waals surface area contributed by atoms with Crippen LogP contribution in [0.1, 0.15) is 97.3 Å². The number of carbonyl (C=O) groups excluding carboxylic acids is 3. The number of aliphatic hydroxyl groups is 2. The lowest BCUT2D eigenvalue weighted by Gasteiger charge is -2.61. The van der Waals surface area contributed by atoms with Crippen molar-refractivity contribution < 1.29 is 61.5 Å². The molecule has 3 spiro atoms. The predicted molar refractivity (Wildman–Crippen MR) is 494 cm³/mol. The number of ether oxygens (including phenoxy) is 5. The standard InChI is InChI=1S/C32H34FN7O3S.C29H30FN7O3S.C26H26FN7S.C7H12O4/c1-6-23-28(37(5)30-35-27(26(13-34)44-30)20-7-9-21(33)10-8-20)24-12-22(11-19(2)40(24)36-23)38-15-32(16-38)17-39(18-32)29(41)25-14-42-31(3,4)43-25;1-4-21-26(34(3)28-32-25(24(11-31)41-28)18-5-7-19(30)8-6-18)22-10-20(9-17(2)37(22)33-21)35-13-29(14-35)15-36(16-29)27(40)23(39)12-38;1-4-20-24(32(3)25-30-23(22(11-28)35-25)17-5-7-18(27)8-6-17)21-10-19(9-16(2)34(21)31-20)33-14-26(15-33)12-29-13-26;1-7(2)10-4-5(11-7)6(8)9-3/h7-12,25H,6,14-18H2,1-5H3;5-10,23,38-39H,4,12-16H2,1-3H3;5-10,29H,4,12-15H2,1-3H3;5H,4H2,1-3H3. The minimum Gasteiger partial charge on any atom is -0.467 e. The molecule has 2 amide bonds. The first-order valence-corrected chi connectivity index (χ1v) is 45.9. The van der Waals surface area contributed by atoms with E-state index in [9.17, 15) is 48.4 Å². The summed E-state index contributed by atoms with van der Waals surface area (Å²) in [5.74, 6) is -3.15. The molecule has 3 unspecified atom stereocenters. The van der Waals surface area contributed by atoms with Gasteiger partial charge in [-0.1, -0.05) is 54.8 Å². The Balaban J connectivity index is 0.000000130. The Labute approximate surface area is 767 Å². The predicted octanol–water partition coefficient (Wildman–Crippen LogP) is 12.8. The number of nitrogens with zero attached hydrogens (tertiary/aromatic N) is 20. The van der Waals surface area contributed by atoms with Crippen LogP contribution >= 0.6 is 34.0 Å². The highest BCUT2D eigenvalue weighted by molar-refractivity contribution is 7.17. The lowest BCUT2D eigenvalue weighted by atomic mass is 9.72. The summed E-state index contributed by atoms with van der Waals surface area (Å²) >= 11 is 3.93. The number of aryl methyl sites for hydroxylation is 6. The molecule has 8 fully saturated rings. The number of methoxy groups -OCH3 is 1. The third-order valence-corrected chi connectivity index (χ3v) is 28.5. The van der Waals surface area contributed by atoms with Gasteiger partial charge in [0.15, 0.2) is 45.3 Å². The summed E-state index contributed by atoms with van der Waals surface area (Å²) in [5, 5.41) is 68.3. The third kappa shape index (κ3) is 17.3. The second kappa shape index (κ2) is 35.5. The van der Waals surface area contributed by atoms with Crippen molar-refractivity contribution in [1.82, 2.24) is 58.9 Å². The average Bonchev–Trinajstić information content (AvgIpc) is 1.58. The first-order chi connectivity index (χ1) is 62.6. The number of likely N-dealkylation sites (tertiary alicyclic amines) is 2. The number of hydrogen-bond acceptors (Lipinski definition) is 29. The van der Waals surface area contributed by atoms with Crippen LogP contribution in [-0.4, -0.2) is 238 Å². The van der Waals surface area contributed by atoms with Crippen molar-refractivity contribution in [3.8, 4) is 52.0 Å². The highest BCUT2D eigenvalue weighted by atomic mass is 32.1. The van der Waals surface area contributed by atoms with Crippen molar-refractivity contribution in [2.24, 2.45) is 16.2 Å². The van der Waals surface area contributed by atoms with Gasteiger partial charge < -0.3 is 78.4 Å². The SMILES string of the molecule is CCc1nn2c(C)cc(N3CC4(CN(C(=O)C(O)CO)C4)C3)cc2c1N(C)c1nc(-c2ccc(F)cc2)c(C#N)s1.CCc1nn2c(C)cc(N3CC4(CN(C(=O)C5COC(C)(C)O5)C4)C3)cc2c1N(C)c1nc(-c2ccc(F)cc2)c(C#N)s1.CCc1nn2c(C)cc(N3CC4(CNC4)C3)cc2c1N(C)c1nc(-c2ccc(F)cc2)c(C#N)s1.COC(=O)C1COC(C)(C)O1. The molecule has 0 aliphatic carbocycles. The van der Waals surface area contributed by atoms with E-state index in [2.05, 4.69) is 114 Å². The molecule has 20 rings (SSSR count). The summed E-state index contributed by atoms with van der Waals surface area (Å²) in [5.41, 5.74) is 19.4. The van der Waals surface area contributed by atoms with Crippen molar-refractivity contribution in [2.75, 3.05) is 156 Å². The Morgan fingerprint density at radius 2 is 0.832 bits per heavy atom. The summed E-state index contributed by atoms with van der Waals surface area (Å²) in [7, 11) is 7.18. The third-order valence-electron chi connectivity index (χ3n) is 25.4. The topological polar surface area (TPSA) is 338 Å². The van der Waals surface area contributed by atoms with Gasteiger partial charge in [-0.05, 0) is 177 Å². The Morgan fingerprint density at radius 1 is 0.511 bits per heavy atom. The Hall–Kier alpha value is -12.2. The van der Waals surface area contributed by atoms with Crippen LogP contribution in [0.25, 0.3) is 50.3 Å².